The summed E-state index contributed by atoms with van der Waals surface area (Å²) in [6.45, 7) is 0.761. The van der Waals surface area contributed by atoms with E-state index in [2.05, 4.69) is 12.1 Å². The fourth-order valence-electron chi connectivity index (χ4n) is 3.00. The highest BCUT2D eigenvalue weighted by Crippen LogP contribution is 2.29. The smallest absolute Gasteiger partial charge is 0.233 e. The molecule has 1 fully saturated rings. The zero-order valence-corrected chi connectivity index (χ0v) is 16.9. The maximum absolute atomic E-state index is 12.6. The molecule has 3 rings (SSSR count). The van der Waals surface area contributed by atoms with Crippen LogP contribution in [0.2, 0.25) is 0 Å². The highest BCUT2D eigenvalue weighted by molar-refractivity contribution is 8.14. The Balaban J connectivity index is 1.49. The minimum Gasteiger partial charge on any atom is -0.497 e. The first-order valence-electron chi connectivity index (χ1n) is 8.93. The molecule has 0 spiro atoms. The lowest BCUT2D eigenvalue weighted by atomic mass is 10.1. The number of thioether (sulfide) groups is 2. The zero-order chi connectivity index (χ0) is 19.1. The Morgan fingerprint density at radius 2 is 1.89 bits per heavy atom. The zero-order valence-electron chi connectivity index (χ0n) is 15.3. The van der Waals surface area contributed by atoms with Gasteiger partial charge in [0.2, 0.25) is 11.0 Å². The van der Waals surface area contributed by atoms with Gasteiger partial charge in [0.15, 0.2) is 0 Å². The van der Waals surface area contributed by atoms with E-state index < -0.39 is 0 Å². The molecule has 6 heteroatoms. The third-order valence-electron chi connectivity index (χ3n) is 4.49. The van der Waals surface area contributed by atoms with Crippen LogP contribution < -0.4 is 4.74 Å². The van der Waals surface area contributed by atoms with E-state index in [9.17, 15) is 9.59 Å². The van der Waals surface area contributed by atoms with Crippen molar-refractivity contribution in [1.82, 2.24) is 4.90 Å². The van der Waals surface area contributed by atoms with Crippen molar-refractivity contribution in [2.45, 2.75) is 18.2 Å². The van der Waals surface area contributed by atoms with E-state index in [0.29, 0.717) is 5.56 Å². The van der Waals surface area contributed by atoms with Crippen molar-refractivity contribution in [3.05, 3.63) is 65.7 Å². The normalized spacial score (nSPS) is 16.3. The van der Waals surface area contributed by atoms with Crippen molar-refractivity contribution < 1.29 is 14.3 Å². The number of methoxy groups -OCH3 is 1. The number of ether oxygens (including phenoxy) is 1. The van der Waals surface area contributed by atoms with Crippen LogP contribution in [-0.4, -0.2) is 46.5 Å². The van der Waals surface area contributed by atoms with Crippen molar-refractivity contribution in [2.75, 3.05) is 25.2 Å². The van der Waals surface area contributed by atoms with E-state index in [4.69, 9.17) is 4.74 Å². The van der Waals surface area contributed by atoms with Gasteiger partial charge in [-0.1, -0.05) is 54.2 Å². The number of carbonyl (C=O) groups is 2. The predicted molar refractivity (Wildman–Crippen MR) is 113 cm³/mol. The standard InChI is InChI=1S/C21H23NO3S2/c1-25-18-10-7-16(8-11-18)9-12-20-22(13-14-26-20)19(23)15-27-21(24)17-5-3-2-4-6-17/h2-8,10-11,20H,9,12-15H2,1H3. The van der Waals surface area contributed by atoms with Crippen molar-refractivity contribution in [1.29, 1.82) is 0 Å². The molecule has 142 valence electrons. The molecule has 0 bridgehead atoms. The Hall–Kier alpha value is -1.92. The summed E-state index contributed by atoms with van der Waals surface area (Å²) in [6, 6.07) is 17.2. The minimum absolute atomic E-state index is 0.0500. The van der Waals surface area contributed by atoms with E-state index in [1.165, 1.54) is 5.56 Å². The lowest BCUT2D eigenvalue weighted by Gasteiger charge is -2.23. The van der Waals surface area contributed by atoms with Crippen LogP contribution in [0.5, 0.6) is 5.75 Å². The summed E-state index contributed by atoms with van der Waals surface area (Å²) in [5, 5.41) is 0.137. The SMILES string of the molecule is COc1ccc(CCC2SCCN2C(=O)CSC(=O)c2ccccc2)cc1. The number of benzene rings is 2. The molecule has 1 aliphatic rings. The van der Waals surface area contributed by atoms with E-state index in [-0.39, 0.29) is 22.1 Å². The molecule has 2 aromatic carbocycles. The molecule has 1 unspecified atom stereocenters. The Morgan fingerprint density at radius 3 is 2.59 bits per heavy atom. The van der Waals surface area contributed by atoms with Gasteiger partial charge < -0.3 is 9.64 Å². The second-order valence-electron chi connectivity index (χ2n) is 6.24. The average Bonchev–Trinajstić information content (AvgIpc) is 3.20. The molecule has 27 heavy (non-hydrogen) atoms. The van der Waals surface area contributed by atoms with Crippen LogP contribution in [0.1, 0.15) is 22.3 Å². The number of hydrogen-bond acceptors (Lipinski definition) is 5. The van der Waals surface area contributed by atoms with Crippen LogP contribution in [0, 0.1) is 0 Å². The summed E-state index contributed by atoms with van der Waals surface area (Å²) in [5.74, 6) is 2.06. The lowest BCUT2D eigenvalue weighted by Crippen LogP contribution is -2.36. The molecular formula is C21H23NO3S2. The molecule has 0 aliphatic carbocycles. The number of nitrogens with zero attached hydrogens (tertiary/aromatic N) is 1. The number of rotatable bonds is 7. The van der Waals surface area contributed by atoms with Gasteiger partial charge in [-0.15, -0.1) is 11.8 Å². The monoisotopic (exact) mass is 401 g/mol. The summed E-state index contributed by atoms with van der Waals surface area (Å²) in [7, 11) is 1.66. The molecule has 4 nitrogen and oxygen atoms in total. The summed E-state index contributed by atoms with van der Waals surface area (Å²) in [5.41, 5.74) is 1.88. The molecule has 1 aliphatic heterocycles. The lowest BCUT2D eigenvalue weighted by molar-refractivity contribution is -0.128. The van der Waals surface area contributed by atoms with Crippen molar-refractivity contribution in [2.24, 2.45) is 0 Å². The molecule has 1 amide bonds. The Kier molecular flexibility index (Phi) is 7.24. The minimum atomic E-state index is -0.0504. The summed E-state index contributed by atoms with van der Waals surface area (Å²) in [4.78, 5) is 26.7. The first kappa shape index (κ1) is 19.8. The fourth-order valence-corrected chi connectivity index (χ4v) is 4.98. The van der Waals surface area contributed by atoms with Crippen LogP contribution in [-0.2, 0) is 11.2 Å². The van der Waals surface area contributed by atoms with E-state index in [1.807, 2.05) is 47.0 Å². The first-order chi connectivity index (χ1) is 13.2. The van der Waals surface area contributed by atoms with Gasteiger partial charge in [-0.25, -0.2) is 0 Å². The Morgan fingerprint density at radius 1 is 1.15 bits per heavy atom. The Bertz CT molecular complexity index is 765. The first-order valence-corrected chi connectivity index (χ1v) is 11.0. The number of hydrogen-bond donors (Lipinski definition) is 0. The van der Waals surface area contributed by atoms with Gasteiger partial charge >= 0.3 is 0 Å². The summed E-state index contributed by atoms with van der Waals surface area (Å²) in [6.07, 6.45) is 1.83. The largest absolute Gasteiger partial charge is 0.497 e. The molecule has 1 heterocycles. The summed E-state index contributed by atoms with van der Waals surface area (Å²) < 4.78 is 5.19. The number of carbonyl (C=O) groups excluding carboxylic acids is 2. The molecule has 0 saturated carbocycles. The van der Waals surface area contributed by atoms with E-state index in [1.54, 1.807) is 19.2 Å². The third kappa shape index (κ3) is 5.53. The van der Waals surface area contributed by atoms with Crippen LogP contribution in [0.15, 0.2) is 54.6 Å². The molecule has 0 aromatic heterocycles. The van der Waals surface area contributed by atoms with Crippen molar-refractivity contribution in [3.63, 3.8) is 0 Å². The van der Waals surface area contributed by atoms with Crippen molar-refractivity contribution in [3.8, 4) is 5.75 Å². The third-order valence-corrected chi connectivity index (χ3v) is 6.67. The predicted octanol–water partition coefficient (Wildman–Crippen LogP) is 4.10. The number of amides is 1. The Labute approximate surface area is 168 Å². The van der Waals surface area contributed by atoms with Crippen molar-refractivity contribution >= 4 is 34.5 Å². The van der Waals surface area contributed by atoms with Crippen LogP contribution in [0.25, 0.3) is 0 Å². The molecule has 0 radical (unpaired) electrons. The van der Waals surface area contributed by atoms with Gasteiger partial charge in [-0.2, -0.15) is 0 Å². The van der Waals surface area contributed by atoms with E-state index in [0.717, 1.165) is 42.7 Å². The maximum Gasteiger partial charge on any atom is 0.233 e. The second kappa shape index (κ2) is 9.85. The van der Waals surface area contributed by atoms with E-state index >= 15 is 0 Å². The number of aryl methyl sites for hydroxylation is 1. The topological polar surface area (TPSA) is 46.6 Å². The quantitative estimate of drug-likeness (QED) is 0.699. The second-order valence-corrected chi connectivity index (χ2v) is 8.48. The average molecular weight is 402 g/mol. The molecule has 1 atom stereocenters. The van der Waals surface area contributed by atoms with Crippen LogP contribution >= 0.6 is 23.5 Å². The van der Waals surface area contributed by atoms with Gasteiger partial charge in [0, 0.05) is 17.9 Å². The van der Waals surface area contributed by atoms with Crippen LogP contribution in [0.3, 0.4) is 0 Å². The molecule has 0 N–H and O–H groups in total. The highest BCUT2D eigenvalue weighted by atomic mass is 32.2. The molecule has 1 saturated heterocycles. The highest BCUT2D eigenvalue weighted by Gasteiger charge is 2.29. The molecular weight excluding hydrogens is 378 g/mol. The molecule has 2 aromatic rings. The summed E-state index contributed by atoms with van der Waals surface area (Å²) >= 11 is 2.91. The van der Waals surface area contributed by atoms with Crippen LogP contribution in [0.4, 0.5) is 0 Å². The fraction of sp³-hybridized carbons (Fsp3) is 0.333. The van der Waals surface area contributed by atoms with Gasteiger partial charge in [-0.3, -0.25) is 9.59 Å². The van der Waals surface area contributed by atoms with Gasteiger partial charge in [0.1, 0.15) is 5.75 Å². The van der Waals surface area contributed by atoms with Gasteiger partial charge in [-0.05, 0) is 30.5 Å². The van der Waals surface area contributed by atoms with Gasteiger partial charge in [0.25, 0.3) is 0 Å². The van der Waals surface area contributed by atoms with Gasteiger partial charge in [0.05, 0.1) is 18.2 Å². The maximum atomic E-state index is 12.6.